The first-order chi connectivity index (χ1) is 17.7. The molecule has 1 saturated heterocycles. The summed E-state index contributed by atoms with van der Waals surface area (Å²) in [4.78, 5) is 0. The van der Waals surface area contributed by atoms with Gasteiger partial charge < -0.3 is 14.6 Å². The van der Waals surface area contributed by atoms with Crippen molar-refractivity contribution >= 4 is 0 Å². The number of aromatic nitrogens is 4. The van der Waals surface area contributed by atoms with E-state index in [1.807, 2.05) is 30.3 Å². The number of nitrogens with zero attached hydrogens (tertiary/aromatic N) is 4. The van der Waals surface area contributed by atoms with E-state index in [0.29, 0.717) is 31.6 Å². The Hall–Kier alpha value is -3.31. The molecule has 7 nitrogen and oxygen atoms in total. The maximum atomic E-state index is 16.3. The Morgan fingerprint density at radius 3 is 2.41 bits per heavy atom. The number of hydrogen-bond donors (Lipinski definition) is 1. The molecule has 2 heterocycles. The van der Waals surface area contributed by atoms with Crippen molar-refractivity contribution in [3.05, 3.63) is 83.2 Å². The van der Waals surface area contributed by atoms with Gasteiger partial charge in [-0.1, -0.05) is 12.1 Å². The highest BCUT2D eigenvalue weighted by Crippen LogP contribution is 2.80. The second-order valence-electron chi connectivity index (χ2n) is 10.3. The summed E-state index contributed by atoms with van der Waals surface area (Å²) in [6.07, 6.45) is 3.41. The Balaban J connectivity index is 1.21. The molecule has 1 aliphatic heterocycles. The average Bonchev–Trinajstić information content (AvgIpc) is 3.27. The van der Waals surface area contributed by atoms with Gasteiger partial charge in [-0.05, 0) is 76.6 Å². The minimum absolute atomic E-state index is 0.125. The summed E-state index contributed by atoms with van der Waals surface area (Å²) in [5.41, 5.74) is -3.56. The Bertz CT molecular complexity index is 1320. The van der Waals surface area contributed by atoms with Crippen LogP contribution in [0.4, 0.5) is 17.6 Å². The Morgan fingerprint density at radius 2 is 1.81 bits per heavy atom. The summed E-state index contributed by atoms with van der Waals surface area (Å²) in [5, 5.41) is 21.9. The highest BCUT2D eigenvalue weighted by Gasteiger charge is 2.82. The van der Waals surface area contributed by atoms with E-state index in [0.717, 1.165) is 28.7 Å². The van der Waals surface area contributed by atoms with Gasteiger partial charge in [-0.2, -0.15) is 0 Å². The predicted octanol–water partition coefficient (Wildman–Crippen LogP) is 3.93. The Kier molecular flexibility index (Phi) is 5.43. The van der Waals surface area contributed by atoms with Crippen LogP contribution in [0, 0.1) is 17.0 Å². The monoisotopic (exact) mass is 516 g/mol. The Labute approximate surface area is 209 Å². The quantitative estimate of drug-likeness (QED) is 0.343. The van der Waals surface area contributed by atoms with Crippen molar-refractivity contribution < 1.29 is 32.1 Å². The molecule has 4 fully saturated rings. The maximum absolute atomic E-state index is 16.3. The number of rotatable bonds is 9. The molecule has 37 heavy (non-hydrogen) atoms. The second kappa shape index (κ2) is 8.35. The molecule has 1 N–H and O–H groups in total. The number of tetrazole rings is 1. The van der Waals surface area contributed by atoms with Crippen LogP contribution in [-0.2, 0) is 22.3 Å². The third-order valence-electron chi connectivity index (χ3n) is 8.04. The molecule has 1 aromatic heterocycles. The fourth-order valence-corrected chi connectivity index (χ4v) is 6.03. The first-order valence-corrected chi connectivity index (χ1v) is 11.9. The molecule has 11 heteroatoms. The van der Waals surface area contributed by atoms with Gasteiger partial charge in [0.15, 0.2) is 5.60 Å². The molecule has 3 aromatic rings. The van der Waals surface area contributed by atoms with Crippen LogP contribution in [0.3, 0.4) is 0 Å². The average molecular weight is 516 g/mol. The van der Waals surface area contributed by atoms with Crippen LogP contribution in [-0.4, -0.2) is 51.1 Å². The van der Waals surface area contributed by atoms with E-state index in [1.165, 1.54) is 5.57 Å². The minimum atomic E-state index is -3.76. The van der Waals surface area contributed by atoms with Crippen molar-refractivity contribution in [1.29, 1.82) is 0 Å². The molecule has 0 spiro atoms. The van der Waals surface area contributed by atoms with Gasteiger partial charge in [0.05, 0.1) is 19.8 Å². The van der Waals surface area contributed by atoms with E-state index >= 15 is 8.78 Å². The van der Waals surface area contributed by atoms with Crippen LogP contribution in [0.15, 0.2) is 60.4 Å². The molecule has 194 valence electrons. The molecular weight excluding hydrogens is 492 g/mol. The number of alkyl halides is 2. The number of aliphatic hydroxyl groups is 1. The lowest BCUT2D eigenvalue weighted by molar-refractivity contribution is -0.347. The zero-order chi connectivity index (χ0) is 25.9. The largest absolute Gasteiger partial charge is 0.490 e. The molecule has 1 unspecified atom stereocenters. The van der Waals surface area contributed by atoms with Crippen molar-refractivity contribution in [1.82, 2.24) is 20.2 Å². The van der Waals surface area contributed by atoms with Crippen LogP contribution in [0.2, 0.25) is 0 Å². The van der Waals surface area contributed by atoms with Gasteiger partial charge in [0, 0.05) is 17.0 Å². The SMILES string of the molecule is OC(Cn1cnnn1)(c1ccc(F)cc1F)C(F)(F)C12CC(c3ccc(OCC=C4COC4)cc3)(C1)C2. The number of ether oxygens (including phenoxy) is 2. The smallest absolute Gasteiger partial charge is 0.287 e. The van der Waals surface area contributed by atoms with E-state index in [2.05, 4.69) is 15.5 Å². The van der Waals surface area contributed by atoms with E-state index in [9.17, 15) is 13.9 Å². The van der Waals surface area contributed by atoms with Crippen molar-refractivity contribution in [3.8, 4) is 5.75 Å². The topological polar surface area (TPSA) is 82.3 Å². The molecule has 0 radical (unpaired) electrons. The van der Waals surface area contributed by atoms with Crippen LogP contribution < -0.4 is 4.74 Å². The molecule has 3 saturated carbocycles. The highest BCUT2D eigenvalue weighted by molar-refractivity contribution is 5.44. The number of hydrogen-bond acceptors (Lipinski definition) is 6. The summed E-state index contributed by atoms with van der Waals surface area (Å²) in [6.45, 7) is 0.905. The molecule has 7 rings (SSSR count). The van der Waals surface area contributed by atoms with Crippen LogP contribution in [0.1, 0.15) is 30.4 Å². The molecule has 0 amide bonds. The van der Waals surface area contributed by atoms with Crippen molar-refractivity contribution in [2.45, 2.75) is 42.7 Å². The summed E-state index contributed by atoms with van der Waals surface area (Å²) < 4.78 is 72.5. The first-order valence-electron chi connectivity index (χ1n) is 11.9. The maximum Gasteiger partial charge on any atom is 0.287 e. The summed E-state index contributed by atoms with van der Waals surface area (Å²) >= 11 is 0. The zero-order valence-electron chi connectivity index (χ0n) is 19.7. The van der Waals surface area contributed by atoms with Crippen LogP contribution >= 0.6 is 0 Å². The first kappa shape index (κ1) is 24.1. The van der Waals surface area contributed by atoms with Crippen LogP contribution in [0.5, 0.6) is 5.75 Å². The van der Waals surface area contributed by atoms with E-state index in [4.69, 9.17) is 9.47 Å². The van der Waals surface area contributed by atoms with Gasteiger partial charge in [-0.15, -0.1) is 5.10 Å². The third kappa shape index (κ3) is 3.66. The number of halogens is 4. The molecule has 1 atom stereocenters. The standard InChI is InChI=1S/C26H24F4N4O3/c27-19-3-6-21(22(28)9-19)25(35,15-34-16-31-32-33-34)26(29,30)24-12-23(13-24,14-24)18-1-4-20(5-2-18)37-8-7-17-10-36-11-17/h1-7,9,16,35H,8,10-15H2. The van der Waals surface area contributed by atoms with Gasteiger partial charge in [0.25, 0.3) is 5.92 Å². The lowest BCUT2D eigenvalue weighted by Crippen LogP contribution is -2.76. The lowest BCUT2D eigenvalue weighted by Gasteiger charge is -2.74. The van der Waals surface area contributed by atoms with E-state index in [1.54, 1.807) is 0 Å². The van der Waals surface area contributed by atoms with Gasteiger partial charge in [-0.3, -0.25) is 0 Å². The van der Waals surface area contributed by atoms with Crippen molar-refractivity contribution in [2.24, 2.45) is 5.41 Å². The van der Waals surface area contributed by atoms with Gasteiger partial charge >= 0.3 is 0 Å². The second-order valence-corrected chi connectivity index (χ2v) is 10.3. The molecule has 3 aliphatic carbocycles. The van der Waals surface area contributed by atoms with E-state index in [-0.39, 0.29) is 19.3 Å². The van der Waals surface area contributed by atoms with Crippen molar-refractivity contribution in [2.75, 3.05) is 19.8 Å². The molecular formula is C26H24F4N4O3. The summed E-state index contributed by atoms with van der Waals surface area (Å²) in [6, 6.07) is 9.58. The number of benzene rings is 2. The fourth-order valence-electron chi connectivity index (χ4n) is 6.03. The molecule has 2 aromatic carbocycles. The van der Waals surface area contributed by atoms with Crippen molar-refractivity contribution in [3.63, 3.8) is 0 Å². The normalized spacial score (nSPS) is 25.9. The van der Waals surface area contributed by atoms with E-state index < -0.39 is 46.1 Å². The molecule has 2 bridgehead atoms. The van der Waals surface area contributed by atoms with Gasteiger partial charge in [0.1, 0.15) is 30.3 Å². The third-order valence-corrected chi connectivity index (χ3v) is 8.04. The fraction of sp³-hybridized carbons (Fsp3) is 0.423. The summed E-state index contributed by atoms with van der Waals surface area (Å²) in [7, 11) is 0. The van der Waals surface area contributed by atoms with Crippen LogP contribution in [0.25, 0.3) is 0 Å². The zero-order valence-corrected chi connectivity index (χ0v) is 19.7. The highest BCUT2D eigenvalue weighted by atomic mass is 19.3. The van der Waals surface area contributed by atoms with Gasteiger partial charge in [0.2, 0.25) is 0 Å². The lowest BCUT2D eigenvalue weighted by atomic mass is 9.30. The van der Waals surface area contributed by atoms with Gasteiger partial charge in [-0.25, -0.2) is 22.2 Å². The Morgan fingerprint density at radius 1 is 1.08 bits per heavy atom. The minimum Gasteiger partial charge on any atom is -0.490 e. The summed E-state index contributed by atoms with van der Waals surface area (Å²) in [5.74, 6) is -5.27. The molecule has 4 aliphatic rings. The predicted molar refractivity (Wildman–Crippen MR) is 122 cm³/mol.